The molecule has 1 saturated heterocycles. The number of benzene rings is 1. The van der Waals surface area contributed by atoms with Gasteiger partial charge >= 0.3 is 6.09 Å². The molecule has 1 heterocycles. The van der Waals surface area contributed by atoms with Gasteiger partial charge in [-0.15, -0.1) is 5.12 Å². The molecular weight excluding hydrogens is 206 g/mol. The Labute approximate surface area is 85.5 Å². The van der Waals surface area contributed by atoms with E-state index in [1.807, 2.05) is 12.1 Å². The van der Waals surface area contributed by atoms with Crippen molar-refractivity contribution in [3.8, 4) is 0 Å². The molecule has 1 aliphatic heterocycles. The Balaban J connectivity index is 1.97. The number of rotatable bonds is 2. The predicted molar refractivity (Wildman–Crippen MR) is 49.7 cm³/mol. The molecule has 0 saturated carbocycles. The molecule has 2 N–H and O–H groups in total. The first-order valence-electron chi connectivity index (χ1n) is 3.99. The van der Waals surface area contributed by atoms with Crippen LogP contribution in [-0.4, -0.2) is 11.2 Å². The van der Waals surface area contributed by atoms with Crippen molar-refractivity contribution in [2.75, 3.05) is 0 Å². The summed E-state index contributed by atoms with van der Waals surface area (Å²) in [5, 5.41) is 2.12. The number of hydrogen-bond acceptors (Lipinski definition) is 4. The monoisotopic (exact) mass is 213 g/mol. The molecule has 0 radical (unpaired) electrons. The van der Waals surface area contributed by atoms with Crippen molar-refractivity contribution >= 4 is 17.7 Å². The van der Waals surface area contributed by atoms with Crippen molar-refractivity contribution < 1.29 is 9.63 Å². The molecule has 0 aliphatic carbocycles. The summed E-state index contributed by atoms with van der Waals surface area (Å²) in [5.74, 6) is 0. The van der Waals surface area contributed by atoms with Crippen molar-refractivity contribution in [1.82, 2.24) is 16.1 Å². The van der Waals surface area contributed by atoms with Gasteiger partial charge in [0.1, 0.15) is 0 Å². The Bertz CT molecular complexity index is 341. The lowest BCUT2D eigenvalue weighted by Crippen LogP contribution is -2.37. The number of halogens is 1. The summed E-state index contributed by atoms with van der Waals surface area (Å²) in [4.78, 5) is 15.1. The minimum Gasteiger partial charge on any atom is -0.336 e. The molecule has 74 valence electrons. The van der Waals surface area contributed by atoms with E-state index in [4.69, 9.17) is 11.6 Å². The summed E-state index contributed by atoms with van der Waals surface area (Å²) in [7, 11) is 0. The number of carbonyl (C=O) groups is 1. The van der Waals surface area contributed by atoms with Crippen molar-refractivity contribution in [2.24, 2.45) is 0 Å². The van der Waals surface area contributed by atoms with Crippen molar-refractivity contribution in [3.63, 3.8) is 0 Å². The van der Waals surface area contributed by atoms with E-state index in [2.05, 4.69) is 15.9 Å². The molecule has 0 aromatic heterocycles. The van der Waals surface area contributed by atoms with Crippen LogP contribution in [0.1, 0.15) is 5.56 Å². The van der Waals surface area contributed by atoms with E-state index in [1.54, 1.807) is 12.1 Å². The SMILES string of the molecule is O=C1NN(Cc2ccc(Cl)cc2)NO1. The second-order valence-corrected chi connectivity index (χ2v) is 3.24. The van der Waals surface area contributed by atoms with E-state index in [-0.39, 0.29) is 0 Å². The van der Waals surface area contributed by atoms with Crippen LogP contribution in [0.3, 0.4) is 0 Å². The van der Waals surface area contributed by atoms with Crippen LogP contribution < -0.4 is 11.0 Å². The van der Waals surface area contributed by atoms with Gasteiger partial charge in [-0.25, -0.2) is 10.2 Å². The lowest BCUT2D eigenvalue weighted by molar-refractivity contribution is 0.0209. The summed E-state index contributed by atoms with van der Waals surface area (Å²) in [5.41, 5.74) is 5.86. The summed E-state index contributed by atoms with van der Waals surface area (Å²) < 4.78 is 0. The molecule has 1 amide bonds. The second kappa shape index (κ2) is 3.83. The summed E-state index contributed by atoms with van der Waals surface area (Å²) in [6.07, 6.45) is -0.515. The Morgan fingerprint density at radius 3 is 2.64 bits per heavy atom. The molecule has 5 nitrogen and oxygen atoms in total. The smallest absolute Gasteiger partial charge is 0.336 e. The van der Waals surface area contributed by atoms with Gasteiger partial charge in [-0.3, -0.25) is 0 Å². The summed E-state index contributed by atoms with van der Waals surface area (Å²) in [6, 6.07) is 7.31. The lowest BCUT2D eigenvalue weighted by atomic mass is 10.2. The average molecular weight is 214 g/mol. The van der Waals surface area contributed by atoms with Gasteiger partial charge in [0.25, 0.3) is 0 Å². The fourth-order valence-corrected chi connectivity index (χ4v) is 1.22. The molecule has 1 aromatic rings. The summed E-state index contributed by atoms with van der Waals surface area (Å²) in [6.45, 7) is 0.503. The molecule has 6 heteroatoms. The van der Waals surface area contributed by atoms with Crippen LogP contribution in [0.25, 0.3) is 0 Å². The zero-order chi connectivity index (χ0) is 9.97. The average Bonchev–Trinajstić information content (AvgIpc) is 2.56. The van der Waals surface area contributed by atoms with E-state index in [0.717, 1.165) is 5.56 Å². The Hall–Kier alpha value is -1.30. The molecule has 1 aliphatic rings. The van der Waals surface area contributed by atoms with Gasteiger partial charge in [0.05, 0.1) is 6.54 Å². The molecule has 0 spiro atoms. The zero-order valence-corrected chi connectivity index (χ0v) is 7.91. The molecule has 0 bridgehead atoms. The standard InChI is InChI=1S/C8H8ClN3O2/c9-7-3-1-6(2-4-7)5-12-10-8(13)14-11-12/h1-4,11H,5H2,(H,10,13). The van der Waals surface area contributed by atoms with E-state index < -0.39 is 6.09 Å². The van der Waals surface area contributed by atoms with Gasteiger partial charge in [-0.05, 0) is 17.7 Å². The number of hydrogen-bond donors (Lipinski definition) is 2. The Morgan fingerprint density at radius 1 is 1.36 bits per heavy atom. The quantitative estimate of drug-likeness (QED) is 0.776. The maximum absolute atomic E-state index is 10.6. The van der Waals surface area contributed by atoms with Crippen LogP contribution in [0.15, 0.2) is 24.3 Å². The summed E-state index contributed by atoms with van der Waals surface area (Å²) >= 11 is 5.73. The van der Waals surface area contributed by atoms with Crippen LogP contribution in [0.4, 0.5) is 4.79 Å². The number of amides is 1. The van der Waals surface area contributed by atoms with E-state index in [0.29, 0.717) is 11.6 Å². The highest BCUT2D eigenvalue weighted by atomic mass is 35.5. The zero-order valence-electron chi connectivity index (χ0n) is 7.16. The van der Waals surface area contributed by atoms with Gasteiger partial charge in [0.2, 0.25) is 0 Å². The molecule has 14 heavy (non-hydrogen) atoms. The van der Waals surface area contributed by atoms with Crippen molar-refractivity contribution in [2.45, 2.75) is 6.54 Å². The molecular formula is C8H8ClN3O2. The van der Waals surface area contributed by atoms with E-state index >= 15 is 0 Å². The minimum atomic E-state index is -0.515. The largest absolute Gasteiger partial charge is 0.443 e. The Morgan fingerprint density at radius 2 is 2.07 bits per heavy atom. The number of nitrogens with zero attached hydrogens (tertiary/aromatic N) is 1. The van der Waals surface area contributed by atoms with Gasteiger partial charge in [-0.2, -0.15) is 0 Å². The van der Waals surface area contributed by atoms with Crippen LogP contribution in [0, 0.1) is 0 Å². The molecule has 0 atom stereocenters. The van der Waals surface area contributed by atoms with Crippen molar-refractivity contribution in [3.05, 3.63) is 34.9 Å². The fourth-order valence-electron chi connectivity index (χ4n) is 1.10. The van der Waals surface area contributed by atoms with E-state index in [1.165, 1.54) is 5.12 Å². The molecule has 2 rings (SSSR count). The predicted octanol–water partition coefficient (Wildman–Crippen LogP) is 1.22. The normalized spacial score (nSPS) is 16.5. The van der Waals surface area contributed by atoms with Gasteiger partial charge in [0.15, 0.2) is 0 Å². The third-order valence-corrected chi connectivity index (χ3v) is 1.98. The second-order valence-electron chi connectivity index (χ2n) is 2.81. The van der Waals surface area contributed by atoms with E-state index in [9.17, 15) is 4.79 Å². The molecule has 0 unspecified atom stereocenters. The first-order chi connectivity index (χ1) is 6.74. The topological polar surface area (TPSA) is 53.6 Å². The minimum absolute atomic E-state index is 0.503. The fraction of sp³-hybridized carbons (Fsp3) is 0.125. The highest BCUT2D eigenvalue weighted by molar-refractivity contribution is 6.30. The lowest BCUT2D eigenvalue weighted by Gasteiger charge is -2.10. The highest BCUT2D eigenvalue weighted by Gasteiger charge is 2.18. The van der Waals surface area contributed by atoms with Gasteiger partial charge in [0, 0.05) is 5.02 Å². The first kappa shape index (κ1) is 9.26. The third-order valence-electron chi connectivity index (χ3n) is 1.73. The maximum Gasteiger partial charge on any atom is 0.443 e. The van der Waals surface area contributed by atoms with Crippen LogP contribution in [0.2, 0.25) is 5.02 Å². The Kier molecular flexibility index (Phi) is 2.53. The number of carbonyl (C=O) groups excluding carboxylic acids is 1. The molecule has 1 aromatic carbocycles. The van der Waals surface area contributed by atoms with Gasteiger partial charge in [-0.1, -0.05) is 29.3 Å². The molecule has 1 fully saturated rings. The highest BCUT2D eigenvalue weighted by Crippen LogP contribution is 2.10. The van der Waals surface area contributed by atoms with Crippen LogP contribution >= 0.6 is 11.6 Å². The maximum atomic E-state index is 10.6. The number of hydrazine groups is 2. The van der Waals surface area contributed by atoms with Crippen LogP contribution in [0.5, 0.6) is 0 Å². The van der Waals surface area contributed by atoms with Gasteiger partial charge < -0.3 is 4.84 Å². The number of nitrogens with one attached hydrogen (secondary N) is 2. The van der Waals surface area contributed by atoms with Crippen molar-refractivity contribution in [1.29, 1.82) is 0 Å². The first-order valence-corrected chi connectivity index (χ1v) is 4.37. The third kappa shape index (κ3) is 2.14. The van der Waals surface area contributed by atoms with Crippen LogP contribution in [-0.2, 0) is 11.4 Å².